The molecule has 0 radical (unpaired) electrons. The highest BCUT2D eigenvalue weighted by atomic mass is 16.4. The van der Waals surface area contributed by atoms with Crippen LogP contribution < -0.4 is 4.90 Å². The molecule has 0 amide bonds. The van der Waals surface area contributed by atoms with Crippen molar-refractivity contribution in [1.29, 1.82) is 0 Å². The summed E-state index contributed by atoms with van der Waals surface area (Å²) in [5.41, 5.74) is 4.96. The molecule has 0 unspecified atom stereocenters. The second-order valence-corrected chi connectivity index (χ2v) is 9.22. The van der Waals surface area contributed by atoms with Gasteiger partial charge in [0.2, 0.25) is 5.78 Å². The minimum absolute atomic E-state index is 0.0316. The number of nitrogens with zero attached hydrogens (tertiary/aromatic N) is 1. The Hall–Kier alpha value is -5.77. The standard InChI is InChI=1S/C11H13NO2.C10H10O2.C9H8O3.C4H6O2/c1-12(2)10-6-3-9(4-7-10)5-8-11(13)14;1-8-2-4-9(5-3-8)6-7-10(11)12;10-8(9(11)12)6-7-4-2-1-3-5-7;1-3(2)4(5)6/h3-8H,1-2H3,(H,13,14);2-7H,1H3,(H,11,12);1-5H,6H2,(H,11,12);1H2,2H3,(H,5,6)/b8-5+;7-6+;;. The number of carboxylic acid groups (broad SMARTS) is 4. The number of benzene rings is 3. The monoisotopic (exact) mass is 603 g/mol. The molecule has 0 fully saturated rings. The zero-order valence-electron chi connectivity index (χ0n) is 25.0. The lowest BCUT2D eigenvalue weighted by molar-refractivity contribution is -0.148. The maximum absolute atomic E-state index is 10.7. The van der Waals surface area contributed by atoms with E-state index < -0.39 is 29.7 Å². The lowest BCUT2D eigenvalue weighted by Crippen LogP contribution is -2.14. The highest BCUT2D eigenvalue weighted by Gasteiger charge is 2.10. The number of carbonyl (C=O) groups is 5. The predicted octanol–water partition coefficient (Wildman–Crippen LogP) is 5.47. The molecule has 0 spiro atoms. The van der Waals surface area contributed by atoms with Crippen molar-refractivity contribution in [3.63, 3.8) is 0 Å². The van der Waals surface area contributed by atoms with Crippen molar-refractivity contribution in [2.75, 3.05) is 19.0 Å². The summed E-state index contributed by atoms with van der Waals surface area (Å²) in [4.78, 5) is 52.9. The summed E-state index contributed by atoms with van der Waals surface area (Å²) >= 11 is 0. The van der Waals surface area contributed by atoms with Crippen molar-refractivity contribution in [2.24, 2.45) is 0 Å². The van der Waals surface area contributed by atoms with Crippen molar-refractivity contribution in [1.82, 2.24) is 0 Å². The average Bonchev–Trinajstić information content (AvgIpc) is 2.97. The second-order valence-electron chi connectivity index (χ2n) is 9.22. The van der Waals surface area contributed by atoms with Crippen molar-refractivity contribution >= 4 is 47.5 Å². The van der Waals surface area contributed by atoms with E-state index in [0.717, 1.165) is 34.5 Å². The summed E-state index contributed by atoms with van der Waals surface area (Å²) in [5, 5.41) is 33.0. The quantitative estimate of drug-likeness (QED) is 0.182. The Morgan fingerprint density at radius 2 is 1.09 bits per heavy atom. The van der Waals surface area contributed by atoms with Gasteiger partial charge in [-0.1, -0.05) is 78.9 Å². The molecule has 0 aliphatic rings. The van der Waals surface area contributed by atoms with E-state index in [2.05, 4.69) is 6.58 Å². The Bertz CT molecular complexity index is 1430. The molecule has 0 saturated carbocycles. The number of carboxylic acids is 4. The van der Waals surface area contributed by atoms with Crippen LogP contribution in [0.3, 0.4) is 0 Å². The van der Waals surface area contributed by atoms with Crippen LogP contribution >= 0.6 is 0 Å². The molecule has 10 heteroatoms. The number of aliphatic carboxylic acids is 4. The maximum atomic E-state index is 10.7. The highest BCUT2D eigenvalue weighted by Crippen LogP contribution is 2.13. The average molecular weight is 604 g/mol. The Balaban J connectivity index is 0.000000580. The van der Waals surface area contributed by atoms with Gasteiger partial charge in [-0.15, -0.1) is 0 Å². The molecule has 0 aliphatic carbocycles. The van der Waals surface area contributed by atoms with Gasteiger partial charge in [-0.25, -0.2) is 19.2 Å². The van der Waals surface area contributed by atoms with Crippen molar-refractivity contribution in [3.05, 3.63) is 125 Å². The number of ketones is 1. The Labute approximate surface area is 256 Å². The largest absolute Gasteiger partial charge is 0.478 e. The summed E-state index contributed by atoms with van der Waals surface area (Å²) in [6.45, 7) is 6.59. The van der Waals surface area contributed by atoms with Crippen LogP contribution in [0.2, 0.25) is 0 Å². The van der Waals surface area contributed by atoms with Gasteiger partial charge in [0.15, 0.2) is 0 Å². The molecule has 3 rings (SSSR count). The first-order valence-electron chi connectivity index (χ1n) is 13.0. The van der Waals surface area contributed by atoms with Gasteiger partial charge in [0.25, 0.3) is 0 Å². The van der Waals surface area contributed by atoms with Crippen LogP contribution in [0.4, 0.5) is 5.69 Å². The SMILES string of the molecule is C=C(C)C(=O)O.CN(C)c1ccc(/C=C/C(=O)O)cc1.Cc1ccc(/C=C/C(=O)O)cc1.O=C(O)C(=O)Cc1ccccc1. The maximum Gasteiger partial charge on any atom is 0.372 e. The number of hydrogen-bond donors (Lipinski definition) is 4. The van der Waals surface area contributed by atoms with E-state index in [0.29, 0.717) is 0 Å². The molecule has 0 atom stereocenters. The Kier molecular flexibility index (Phi) is 18.3. The number of rotatable bonds is 9. The van der Waals surface area contributed by atoms with Crippen LogP contribution in [0, 0.1) is 6.92 Å². The number of Topliss-reactive ketones (excluding diaryl/α,β-unsaturated/α-hetero) is 1. The fourth-order valence-corrected chi connectivity index (χ4v) is 2.75. The Morgan fingerprint density at radius 3 is 1.43 bits per heavy atom. The van der Waals surface area contributed by atoms with E-state index >= 15 is 0 Å². The van der Waals surface area contributed by atoms with Gasteiger partial charge >= 0.3 is 23.9 Å². The molecule has 0 bridgehead atoms. The van der Waals surface area contributed by atoms with E-state index in [1.165, 1.54) is 12.5 Å². The third-order valence-corrected chi connectivity index (χ3v) is 5.13. The summed E-state index contributed by atoms with van der Waals surface area (Å²) in [6.07, 6.45) is 5.37. The molecule has 0 aromatic heterocycles. The molecular formula is C34H37NO9. The smallest absolute Gasteiger partial charge is 0.372 e. The summed E-state index contributed by atoms with van der Waals surface area (Å²) in [7, 11) is 3.92. The second kappa shape index (κ2) is 21.0. The van der Waals surface area contributed by atoms with E-state index in [1.54, 1.807) is 36.4 Å². The number of carbonyl (C=O) groups excluding carboxylic acids is 1. The molecule has 44 heavy (non-hydrogen) atoms. The van der Waals surface area contributed by atoms with Gasteiger partial charge in [0.05, 0.1) is 0 Å². The first-order valence-corrected chi connectivity index (χ1v) is 13.0. The fraction of sp³-hybridized carbons (Fsp3) is 0.147. The van der Waals surface area contributed by atoms with Crippen LogP contribution in [0.5, 0.6) is 0 Å². The van der Waals surface area contributed by atoms with Crippen LogP contribution in [0.15, 0.2) is 103 Å². The molecule has 0 aliphatic heterocycles. The van der Waals surface area contributed by atoms with Gasteiger partial charge in [-0.05, 0) is 54.8 Å². The zero-order valence-corrected chi connectivity index (χ0v) is 25.0. The van der Waals surface area contributed by atoms with Crippen molar-refractivity contribution in [2.45, 2.75) is 20.3 Å². The fourth-order valence-electron chi connectivity index (χ4n) is 2.75. The van der Waals surface area contributed by atoms with Crippen LogP contribution in [-0.2, 0) is 30.4 Å². The summed E-state index contributed by atoms with van der Waals surface area (Å²) in [6, 6.07) is 24.1. The van der Waals surface area contributed by atoms with E-state index in [1.807, 2.05) is 80.5 Å². The topological polar surface area (TPSA) is 170 Å². The van der Waals surface area contributed by atoms with Crippen LogP contribution in [0.1, 0.15) is 29.2 Å². The molecule has 232 valence electrons. The lowest BCUT2D eigenvalue weighted by atomic mass is 10.1. The van der Waals surface area contributed by atoms with Crippen LogP contribution in [-0.4, -0.2) is 64.2 Å². The van der Waals surface area contributed by atoms with E-state index in [4.69, 9.17) is 20.4 Å². The summed E-state index contributed by atoms with van der Waals surface area (Å²) in [5.74, 6) is -4.94. The van der Waals surface area contributed by atoms with Crippen LogP contribution in [0.25, 0.3) is 12.2 Å². The first-order chi connectivity index (χ1) is 20.6. The van der Waals surface area contributed by atoms with Crippen molar-refractivity contribution < 1.29 is 44.4 Å². The molecule has 0 saturated heterocycles. The van der Waals surface area contributed by atoms with Crippen molar-refractivity contribution in [3.8, 4) is 0 Å². The van der Waals surface area contributed by atoms with Gasteiger partial charge in [-0.2, -0.15) is 0 Å². The molecule has 10 nitrogen and oxygen atoms in total. The Morgan fingerprint density at radius 1 is 0.682 bits per heavy atom. The molecular weight excluding hydrogens is 566 g/mol. The molecule has 0 heterocycles. The third kappa shape index (κ3) is 19.3. The lowest BCUT2D eigenvalue weighted by Gasteiger charge is -2.11. The molecule has 4 N–H and O–H groups in total. The van der Waals surface area contributed by atoms with E-state index in [-0.39, 0.29) is 12.0 Å². The normalized spacial score (nSPS) is 9.73. The highest BCUT2D eigenvalue weighted by molar-refractivity contribution is 6.33. The van der Waals surface area contributed by atoms with Gasteiger partial charge in [0, 0.05) is 43.9 Å². The summed E-state index contributed by atoms with van der Waals surface area (Å²) < 4.78 is 0. The number of aryl methyl sites for hydroxylation is 1. The van der Waals surface area contributed by atoms with E-state index in [9.17, 15) is 24.0 Å². The number of hydrogen-bond acceptors (Lipinski definition) is 6. The zero-order chi connectivity index (χ0) is 33.7. The minimum atomic E-state index is -1.38. The third-order valence-electron chi connectivity index (χ3n) is 5.13. The molecule has 3 aromatic carbocycles. The molecule has 3 aromatic rings. The van der Waals surface area contributed by atoms with Gasteiger partial charge < -0.3 is 25.3 Å². The predicted molar refractivity (Wildman–Crippen MR) is 171 cm³/mol. The minimum Gasteiger partial charge on any atom is -0.478 e. The number of anilines is 1. The van der Waals surface area contributed by atoms with Gasteiger partial charge in [-0.3, -0.25) is 4.79 Å². The first kappa shape index (κ1) is 38.2. The van der Waals surface area contributed by atoms with Gasteiger partial charge in [0.1, 0.15) is 0 Å².